The highest BCUT2D eigenvalue weighted by Crippen LogP contribution is 2.18. The Bertz CT molecular complexity index is 739. The smallest absolute Gasteiger partial charge is 0.257 e. The number of nitrogens with zero attached hydrogens (tertiary/aromatic N) is 1. The molecule has 126 valence electrons. The molecule has 5 nitrogen and oxygen atoms in total. The summed E-state index contributed by atoms with van der Waals surface area (Å²) in [5.74, 6) is 0.313. The molecular formula is C17H18ClN3O2S. The fraction of sp³-hybridized carbons (Fsp3) is 0.235. The molecule has 0 spiro atoms. The van der Waals surface area contributed by atoms with Crippen molar-refractivity contribution in [1.29, 1.82) is 0 Å². The first-order valence-electron chi connectivity index (χ1n) is 7.49. The van der Waals surface area contributed by atoms with Gasteiger partial charge in [-0.25, -0.2) is 4.98 Å². The van der Waals surface area contributed by atoms with E-state index in [4.69, 9.17) is 28.6 Å². The molecule has 1 aromatic heterocycles. The van der Waals surface area contributed by atoms with E-state index in [9.17, 15) is 4.79 Å². The van der Waals surface area contributed by atoms with Crippen LogP contribution in [0.1, 0.15) is 30.6 Å². The number of hydrogen-bond acceptors (Lipinski definition) is 4. The van der Waals surface area contributed by atoms with E-state index < -0.39 is 0 Å². The molecule has 1 atom stereocenters. The summed E-state index contributed by atoms with van der Waals surface area (Å²) < 4.78 is 5.72. The summed E-state index contributed by atoms with van der Waals surface area (Å²) in [5.41, 5.74) is 0.982. The maximum Gasteiger partial charge on any atom is 0.257 e. The van der Waals surface area contributed by atoms with Gasteiger partial charge in [0.05, 0.1) is 11.8 Å². The van der Waals surface area contributed by atoms with E-state index in [1.807, 2.05) is 19.9 Å². The van der Waals surface area contributed by atoms with Crippen LogP contribution in [0.4, 0.5) is 5.69 Å². The number of nitrogens with one attached hydrogen (secondary N) is 2. The third kappa shape index (κ3) is 5.18. The van der Waals surface area contributed by atoms with Crippen molar-refractivity contribution < 1.29 is 9.53 Å². The summed E-state index contributed by atoms with van der Waals surface area (Å²) in [6.07, 6.45) is 2.53. The lowest BCUT2D eigenvalue weighted by atomic mass is 10.2. The van der Waals surface area contributed by atoms with Crippen LogP contribution in [0.5, 0.6) is 5.75 Å². The van der Waals surface area contributed by atoms with Crippen LogP contribution in [0.2, 0.25) is 5.15 Å². The van der Waals surface area contributed by atoms with Gasteiger partial charge in [-0.1, -0.05) is 24.6 Å². The molecule has 2 N–H and O–H groups in total. The molecule has 0 aliphatic heterocycles. The molecule has 0 radical (unpaired) electrons. The second-order valence-corrected chi connectivity index (χ2v) is 5.88. The zero-order valence-electron chi connectivity index (χ0n) is 13.4. The predicted octanol–water partition coefficient (Wildman–Crippen LogP) is 4.04. The number of anilines is 1. The Morgan fingerprint density at radius 1 is 1.38 bits per heavy atom. The molecule has 0 saturated carbocycles. The quantitative estimate of drug-likeness (QED) is 0.620. The molecule has 0 fully saturated rings. The van der Waals surface area contributed by atoms with E-state index >= 15 is 0 Å². The third-order valence-electron chi connectivity index (χ3n) is 3.24. The van der Waals surface area contributed by atoms with Crippen molar-refractivity contribution in [3.8, 4) is 5.75 Å². The number of thiocarbonyl (C=S) groups is 1. The number of pyridine rings is 1. The Morgan fingerprint density at radius 2 is 2.17 bits per heavy atom. The minimum atomic E-state index is -0.331. The van der Waals surface area contributed by atoms with Crippen LogP contribution in [0.25, 0.3) is 0 Å². The Balaban J connectivity index is 2.00. The van der Waals surface area contributed by atoms with Crippen molar-refractivity contribution in [2.45, 2.75) is 26.4 Å². The van der Waals surface area contributed by atoms with E-state index in [0.29, 0.717) is 17.0 Å². The van der Waals surface area contributed by atoms with E-state index in [2.05, 4.69) is 15.6 Å². The zero-order valence-corrected chi connectivity index (χ0v) is 14.9. The van der Waals surface area contributed by atoms with Gasteiger partial charge in [0.1, 0.15) is 5.75 Å². The SMILES string of the molecule is CC[C@@H](C)Oc1cccc(C(=O)NC(=S)Nc2cccnc2Cl)c1. The number of hydrogen-bond donors (Lipinski definition) is 2. The molecule has 2 rings (SSSR count). The first-order valence-corrected chi connectivity index (χ1v) is 8.27. The number of carbonyl (C=O) groups is 1. The van der Waals surface area contributed by atoms with Gasteiger partial charge in [0.15, 0.2) is 10.3 Å². The standard InChI is InChI=1S/C17H18ClN3O2S/c1-3-11(2)23-13-7-4-6-12(10-13)16(22)21-17(24)20-14-8-5-9-19-15(14)18/h4-11H,3H2,1-2H3,(H2,20,21,22,24)/t11-/m1/s1. The molecule has 0 aliphatic carbocycles. The minimum absolute atomic E-state index is 0.0822. The van der Waals surface area contributed by atoms with Crippen molar-refractivity contribution in [1.82, 2.24) is 10.3 Å². The molecule has 1 heterocycles. The number of halogens is 1. The lowest BCUT2D eigenvalue weighted by Crippen LogP contribution is -2.34. The van der Waals surface area contributed by atoms with Crippen LogP contribution >= 0.6 is 23.8 Å². The van der Waals surface area contributed by atoms with E-state index in [1.165, 1.54) is 0 Å². The summed E-state index contributed by atoms with van der Waals surface area (Å²) in [6.45, 7) is 4.01. The second kappa shape index (κ2) is 8.61. The lowest BCUT2D eigenvalue weighted by Gasteiger charge is -2.14. The first-order chi connectivity index (χ1) is 11.5. The van der Waals surface area contributed by atoms with Gasteiger partial charge in [-0.15, -0.1) is 0 Å². The highest BCUT2D eigenvalue weighted by atomic mass is 35.5. The van der Waals surface area contributed by atoms with Gasteiger partial charge in [0.25, 0.3) is 5.91 Å². The Labute approximate surface area is 151 Å². The summed E-state index contributed by atoms with van der Waals surface area (Å²) in [5, 5.41) is 5.86. The zero-order chi connectivity index (χ0) is 17.5. The predicted molar refractivity (Wildman–Crippen MR) is 99.8 cm³/mol. The van der Waals surface area contributed by atoms with Crippen LogP contribution in [0.15, 0.2) is 42.6 Å². The van der Waals surface area contributed by atoms with Crippen molar-refractivity contribution in [3.63, 3.8) is 0 Å². The van der Waals surface area contributed by atoms with Crippen LogP contribution in [-0.4, -0.2) is 22.1 Å². The molecule has 0 aliphatic rings. The minimum Gasteiger partial charge on any atom is -0.491 e. The van der Waals surface area contributed by atoms with Crippen molar-refractivity contribution in [2.75, 3.05) is 5.32 Å². The van der Waals surface area contributed by atoms with Gasteiger partial charge >= 0.3 is 0 Å². The van der Waals surface area contributed by atoms with Gasteiger partial charge in [-0.05, 0) is 55.9 Å². The van der Waals surface area contributed by atoms with Gasteiger partial charge in [-0.3, -0.25) is 10.1 Å². The lowest BCUT2D eigenvalue weighted by molar-refractivity contribution is 0.0977. The molecule has 0 bridgehead atoms. The molecule has 7 heteroatoms. The van der Waals surface area contributed by atoms with Gasteiger partial charge in [0, 0.05) is 11.8 Å². The van der Waals surface area contributed by atoms with Crippen molar-refractivity contribution in [2.24, 2.45) is 0 Å². The maximum absolute atomic E-state index is 12.3. The first kappa shape index (κ1) is 18.2. The summed E-state index contributed by atoms with van der Waals surface area (Å²) in [4.78, 5) is 16.2. The van der Waals surface area contributed by atoms with Crippen molar-refractivity contribution >= 4 is 40.5 Å². The number of aromatic nitrogens is 1. The van der Waals surface area contributed by atoms with E-state index in [1.54, 1.807) is 36.5 Å². The van der Waals surface area contributed by atoms with Gasteiger partial charge in [0.2, 0.25) is 0 Å². The Hall–Kier alpha value is -2.18. The fourth-order valence-corrected chi connectivity index (χ4v) is 2.20. The Morgan fingerprint density at radius 3 is 2.88 bits per heavy atom. The van der Waals surface area contributed by atoms with Crippen molar-refractivity contribution in [3.05, 3.63) is 53.3 Å². The summed E-state index contributed by atoms with van der Waals surface area (Å²) >= 11 is 11.1. The maximum atomic E-state index is 12.3. The Kier molecular flexibility index (Phi) is 6.52. The number of ether oxygens (including phenoxy) is 1. The van der Waals surface area contributed by atoms with Crippen LogP contribution in [0.3, 0.4) is 0 Å². The van der Waals surface area contributed by atoms with Gasteiger partial charge in [-0.2, -0.15) is 0 Å². The van der Waals surface area contributed by atoms with Crippen LogP contribution < -0.4 is 15.4 Å². The van der Waals surface area contributed by atoms with Crippen LogP contribution in [-0.2, 0) is 0 Å². The molecule has 1 aromatic carbocycles. The molecular weight excluding hydrogens is 346 g/mol. The highest BCUT2D eigenvalue weighted by Gasteiger charge is 2.11. The molecule has 0 saturated heterocycles. The number of benzene rings is 1. The topological polar surface area (TPSA) is 63.2 Å². The normalized spacial score (nSPS) is 11.5. The molecule has 24 heavy (non-hydrogen) atoms. The number of rotatable bonds is 5. The molecule has 2 aromatic rings. The molecule has 1 amide bonds. The molecule has 0 unspecified atom stereocenters. The largest absolute Gasteiger partial charge is 0.491 e. The van der Waals surface area contributed by atoms with E-state index in [-0.39, 0.29) is 22.3 Å². The van der Waals surface area contributed by atoms with E-state index in [0.717, 1.165) is 6.42 Å². The third-order valence-corrected chi connectivity index (χ3v) is 3.75. The summed E-state index contributed by atoms with van der Waals surface area (Å²) in [7, 11) is 0. The fourth-order valence-electron chi connectivity index (χ4n) is 1.83. The summed E-state index contributed by atoms with van der Waals surface area (Å²) in [6, 6.07) is 10.4. The number of carbonyl (C=O) groups excluding carboxylic acids is 1. The number of amides is 1. The van der Waals surface area contributed by atoms with Crippen LogP contribution in [0, 0.1) is 0 Å². The monoisotopic (exact) mass is 363 g/mol. The van der Waals surface area contributed by atoms with Gasteiger partial charge < -0.3 is 10.1 Å². The average Bonchev–Trinajstić information content (AvgIpc) is 2.57. The average molecular weight is 364 g/mol. The second-order valence-electron chi connectivity index (χ2n) is 5.11. The highest BCUT2D eigenvalue weighted by molar-refractivity contribution is 7.80.